The molecule has 6 nitrogen and oxygen atoms in total. The van der Waals surface area contributed by atoms with Gasteiger partial charge in [0.15, 0.2) is 0 Å². The molecule has 2 saturated carbocycles. The Hall–Kier alpha value is -1.55. The van der Waals surface area contributed by atoms with Crippen LogP contribution in [0.15, 0.2) is 39.7 Å². The van der Waals surface area contributed by atoms with E-state index in [1.807, 2.05) is 35.2 Å². The van der Waals surface area contributed by atoms with Crippen molar-refractivity contribution in [3.63, 3.8) is 0 Å². The Morgan fingerprint density at radius 1 is 1.12 bits per heavy atom. The lowest BCUT2D eigenvalue weighted by Gasteiger charge is -2.30. The van der Waals surface area contributed by atoms with Crippen LogP contribution >= 0.6 is 48.8 Å². The molecule has 2 aliphatic carbocycles. The Balaban J connectivity index is 0.00000194. The zero-order valence-electron chi connectivity index (χ0n) is 23.6. The summed E-state index contributed by atoms with van der Waals surface area (Å²) in [5.41, 5.74) is 2.13. The minimum atomic E-state index is 0. The fourth-order valence-corrected chi connectivity index (χ4v) is 8.20. The second-order valence-electron chi connectivity index (χ2n) is 11.4. The largest absolute Gasteiger partial charge is 0.497 e. The summed E-state index contributed by atoms with van der Waals surface area (Å²) in [5.74, 6) is 3.82. The highest BCUT2D eigenvalue weighted by Crippen LogP contribution is 2.49. The molecule has 41 heavy (non-hydrogen) atoms. The molecule has 0 spiro atoms. The summed E-state index contributed by atoms with van der Waals surface area (Å²) in [6, 6.07) is 10.4. The molecular weight excluding hydrogens is 597 g/mol. The number of hydrogen-bond acceptors (Lipinski definition) is 7. The predicted molar refractivity (Wildman–Crippen MR) is 176 cm³/mol. The van der Waals surface area contributed by atoms with Crippen LogP contribution in [0.3, 0.4) is 0 Å². The number of unbranched alkanes of at least 4 members (excludes halogenated alkanes) is 2. The van der Waals surface area contributed by atoms with E-state index in [9.17, 15) is 4.79 Å². The summed E-state index contributed by atoms with van der Waals surface area (Å²) in [5, 5.41) is 3.43. The summed E-state index contributed by atoms with van der Waals surface area (Å²) < 4.78 is 12.6. The van der Waals surface area contributed by atoms with Crippen molar-refractivity contribution in [3.05, 3.63) is 46.6 Å². The van der Waals surface area contributed by atoms with Crippen molar-refractivity contribution in [1.29, 1.82) is 0 Å². The molecule has 2 aliphatic heterocycles. The first-order valence-electron chi connectivity index (χ1n) is 14.6. The Bertz CT molecular complexity index is 1250. The molecule has 6 rings (SSSR count). The van der Waals surface area contributed by atoms with Crippen LogP contribution in [0.1, 0.15) is 56.3 Å². The van der Waals surface area contributed by atoms with Gasteiger partial charge in [-0.05, 0) is 80.7 Å². The summed E-state index contributed by atoms with van der Waals surface area (Å²) in [6.45, 7) is 5.66. The van der Waals surface area contributed by atoms with Gasteiger partial charge in [-0.15, -0.1) is 24.8 Å². The summed E-state index contributed by atoms with van der Waals surface area (Å²) in [4.78, 5) is 18.8. The number of benzene rings is 1. The van der Waals surface area contributed by atoms with Gasteiger partial charge in [0.1, 0.15) is 21.6 Å². The van der Waals surface area contributed by atoms with E-state index < -0.39 is 0 Å². The molecule has 2 saturated heterocycles. The molecule has 4 aliphatic rings. The van der Waals surface area contributed by atoms with Crippen LogP contribution < -0.4 is 10.1 Å². The first-order valence-corrected chi connectivity index (χ1v) is 15.8. The standard InChI is InChI=1S/C31H39N3O3S2.2ClH/c1-36-25-8-5-7-23(18-25)27-19-24(6-3-2-4-13-33-14-11-32-12-15-33)28(37-27)20-29-30(35)34(31(38)39-29)26-17-21-9-10-22(26)16-21;;/h5,7-8,18-22,26,32H,2-4,6,9-17H2,1H3;2*1H. The van der Waals surface area contributed by atoms with Gasteiger partial charge in [0.25, 0.3) is 5.91 Å². The number of fused-ring (bicyclic) bond motifs is 2. The Labute approximate surface area is 265 Å². The number of amides is 1. The number of piperazine rings is 1. The number of nitrogens with zero attached hydrogens (tertiary/aromatic N) is 2. The average molecular weight is 639 g/mol. The zero-order chi connectivity index (χ0) is 26.8. The van der Waals surface area contributed by atoms with Crippen LogP contribution in [-0.4, -0.2) is 65.9 Å². The molecular formula is C31H41Cl2N3O3S2. The van der Waals surface area contributed by atoms with Crippen LogP contribution in [0.2, 0.25) is 0 Å². The van der Waals surface area contributed by atoms with Gasteiger partial charge in [0.05, 0.1) is 12.0 Å². The molecule has 0 radical (unpaired) electrons. The Morgan fingerprint density at radius 2 is 1.95 bits per heavy atom. The number of carbonyl (C=O) groups is 1. The second kappa shape index (κ2) is 14.8. The number of thiocarbonyl (C=S) groups is 1. The van der Waals surface area contributed by atoms with E-state index in [1.165, 1.54) is 50.4 Å². The first-order chi connectivity index (χ1) is 19.1. The van der Waals surface area contributed by atoms with Gasteiger partial charge >= 0.3 is 0 Å². The SMILES string of the molecule is COc1cccc(-c2cc(CCCCCN3CCNCC3)c(C=C3SC(=S)N(C4CC5CCC4C5)C3=O)o2)c1.Cl.Cl. The summed E-state index contributed by atoms with van der Waals surface area (Å²) >= 11 is 7.17. The third kappa shape index (κ3) is 7.34. The number of rotatable bonds is 10. The molecule has 1 amide bonds. The van der Waals surface area contributed by atoms with E-state index in [1.54, 1.807) is 7.11 Å². The lowest BCUT2D eigenvalue weighted by molar-refractivity contribution is -0.124. The van der Waals surface area contributed by atoms with E-state index in [0.717, 1.165) is 79.8 Å². The second-order valence-corrected chi connectivity index (χ2v) is 13.1. The lowest BCUT2D eigenvalue weighted by atomic mass is 9.94. The zero-order valence-corrected chi connectivity index (χ0v) is 26.9. The van der Waals surface area contributed by atoms with Gasteiger partial charge < -0.3 is 19.4 Å². The van der Waals surface area contributed by atoms with Gasteiger partial charge in [-0.2, -0.15) is 0 Å². The minimum Gasteiger partial charge on any atom is -0.497 e. The highest BCUT2D eigenvalue weighted by molar-refractivity contribution is 8.26. The van der Waals surface area contributed by atoms with Crippen molar-refractivity contribution in [2.45, 2.75) is 57.4 Å². The molecule has 224 valence electrons. The molecule has 3 unspecified atom stereocenters. The molecule has 2 aromatic rings. The summed E-state index contributed by atoms with van der Waals surface area (Å²) in [6.07, 6.45) is 11.2. The average Bonchev–Trinajstić information content (AvgIpc) is 3.74. The molecule has 3 heterocycles. The molecule has 3 atom stereocenters. The van der Waals surface area contributed by atoms with E-state index >= 15 is 0 Å². The van der Waals surface area contributed by atoms with Crippen LogP contribution in [0.5, 0.6) is 5.75 Å². The smallest absolute Gasteiger partial charge is 0.266 e. The quantitative estimate of drug-likeness (QED) is 0.174. The van der Waals surface area contributed by atoms with E-state index in [2.05, 4.69) is 16.3 Å². The Kier molecular flexibility index (Phi) is 11.6. The number of methoxy groups -OCH3 is 1. The fourth-order valence-electron chi connectivity index (χ4n) is 6.85. The predicted octanol–water partition coefficient (Wildman–Crippen LogP) is 6.81. The van der Waals surface area contributed by atoms with Crippen molar-refractivity contribution >= 4 is 65.1 Å². The molecule has 1 aromatic carbocycles. The molecule has 1 N–H and O–H groups in total. The van der Waals surface area contributed by atoms with E-state index in [4.69, 9.17) is 21.4 Å². The summed E-state index contributed by atoms with van der Waals surface area (Å²) in [7, 11) is 1.68. The monoisotopic (exact) mass is 637 g/mol. The number of thioether (sulfide) groups is 1. The molecule has 1 aromatic heterocycles. The number of carbonyl (C=O) groups excluding carboxylic acids is 1. The van der Waals surface area contributed by atoms with Crippen molar-refractivity contribution < 1.29 is 13.9 Å². The van der Waals surface area contributed by atoms with Crippen molar-refractivity contribution in [3.8, 4) is 17.1 Å². The molecule has 2 bridgehead atoms. The number of hydrogen-bond donors (Lipinski definition) is 1. The van der Waals surface area contributed by atoms with Gasteiger partial charge in [-0.25, -0.2) is 0 Å². The highest BCUT2D eigenvalue weighted by atomic mass is 35.5. The number of nitrogens with one attached hydrogen (secondary N) is 1. The number of halogens is 2. The third-order valence-corrected chi connectivity index (χ3v) is 10.3. The van der Waals surface area contributed by atoms with E-state index in [-0.39, 0.29) is 36.8 Å². The maximum atomic E-state index is 13.6. The van der Waals surface area contributed by atoms with Crippen LogP contribution in [0.25, 0.3) is 17.4 Å². The maximum Gasteiger partial charge on any atom is 0.266 e. The fraction of sp³-hybridized carbons (Fsp3) is 0.548. The van der Waals surface area contributed by atoms with Gasteiger partial charge in [0, 0.05) is 43.9 Å². The highest BCUT2D eigenvalue weighted by Gasteiger charge is 2.48. The van der Waals surface area contributed by atoms with Crippen molar-refractivity contribution in [2.24, 2.45) is 11.8 Å². The van der Waals surface area contributed by atoms with Crippen molar-refractivity contribution in [2.75, 3.05) is 39.8 Å². The Morgan fingerprint density at radius 3 is 2.68 bits per heavy atom. The topological polar surface area (TPSA) is 58.0 Å². The van der Waals surface area contributed by atoms with Gasteiger partial charge in [-0.3, -0.25) is 9.69 Å². The molecule has 10 heteroatoms. The van der Waals surface area contributed by atoms with Gasteiger partial charge in [-0.1, -0.05) is 49.0 Å². The van der Waals surface area contributed by atoms with Gasteiger partial charge in [0.2, 0.25) is 0 Å². The van der Waals surface area contributed by atoms with Crippen LogP contribution in [0.4, 0.5) is 0 Å². The number of aryl methyl sites for hydroxylation is 1. The minimum absolute atomic E-state index is 0. The first kappa shape index (κ1) is 32.4. The third-order valence-electron chi connectivity index (χ3n) is 8.94. The number of furan rings is 1. The van der Waals surface area contributed by atoms with Crippen LogP contribution in [0, 0.1) is 11.8 Å². The van der Waals surface area contributed by atoms with E-state index in [0.29, 0.717) is 15.1 Å². The van der Waals surface area contributed by atoms with Crippen LogP contribution in [-0.2, 0) is 11.2 Å². The normalized spacial score (nSPS) is 25.0. The molecule has 4 fully saturated rings. The number of ether oxygens (including phenoxy) is 1. The lowest BCUT2D eigenvalue weighted by Crippen LogP contribution is -2.43. The van der Waals surface area contributed by atoms with Crippen molar-refractivity contribution in [1.82, 2.24) is 15.1 Å². The maximum absolute atomic E-state index is 13.6.